The molecule has 1 heterocycles. The molecule has 126 valence electrons. The van der Waals surface area contributed by atoms with E-state index < -0.39 is 0 Å². The minimum absolute atomic E-state index is 0.0176. The fraction of sp³-hybridized carbons (Fsp3) is 0.529. The fourth-order valence-electron chi connectivity index (χ4n) is 2.52. The van der Waals surface area contributed by atoms with Gasteiger partial charge in [0.2, 0.25) is 5.91 Å². The normalized spacial score (nSPS) is 13.9. The average molecular weight is 319 g/mol. The van der Waals surface area contributed by atoms with Crippen molar-refractivity contribution in [2.75, 3.05) is 38.6 Å². The van der Waals surface area contributed by atoms with Crippen LogP contribution in [-0.2, 0) is 9.59 Å². The van der Waals surface area contributed by atoms with Crippen molar-refractivity contribution in [2.45, 2.75) is 25.7 Å². The van der Waals surface area contributed by atoms with Crippen molar-refractivity contribution in [2.24, 2.45) is 0 Å². The van der Waals surface area contributed by atoms with Crippen molar-refractivity contribution in [1.82, 2.24) is 10.2 Å². The largest absolute Gasteiger partial charge is 0.484 e. The summed E-state index contributed by atoms with van der Waals surface area (Å²) in [5.41, 5.74) is 0.686. The van der Waals surface area contributed by atoms with Gasteiger partial charge in [-0.2, -0.15) is 0 Å². The molecular formula is C17H25N3O3. The minimum atomic E-state index is -0.0226. The Bertz CT molecular complexity index is 528. The summed E-state index contributed by atoms with van der Waals surface area (Å²) in [5.74, 6) is 0.583. The fourth-order valence-corrected chi connectivity index (χ4v) is 2.52. The van der Waals surface area contributed by atoms with E-state index >= 15 is 0 Å². The van der Waals surface area contributed by atoms with Gasteiger partial charge in [0, 0.05) is 31.3 Å². The molecule has 1 aliphatic heterocycles. The van der Waals surface area contributed by atoms with Gasteiger partial charge in [-0.3, -0.25) is 9.59 Å². The van der Waals surface area contributed by atoms with Gasteiger partial charge in [0.25, 0.3) is 5.91 Å². The second-order valence-corrected chi connectivity index (χ2v) is 5.66. The highest BCUT2D eigenvalue weighted by atomic mass is 16.5. The molecule has 0 aromatic heterocycles. The summed E-state index contributed by atoms with van der Waals surface area (Å²) in [6.07, 6.45) is 3.41. The molecule has 6 nitrogen and oxygen atoms in total. The van der Waals surface area contributed by atoms with Gasteiger partial charge in [0.05, 0.1) is 0 Å². The molecule has 0 unspecified atom stereocenters. The molecule has 0 atom stereocenters. The minimum Gasteiger partial charge on any atom is -0.484 e. The van der Waals surface area contributed by atoms with Crippen molar-refractivity contribution in [3.8, 4) is 5.75 Å². The monoisotopic (exact) mass is 319 g/mol. The SMILES string of the molecule is CNCCCC(=O)Nc1cccc(OCC(=O)N2CCCC2)c1. The Balaban J connectivity index is 1.79. The molecule has 0 bridgehead atoms. The first-order chi connectivity index (χ1) is 11.2. The lowest BCUT2D eigenvalue weighted by molar-refractivity contribution is -0.132. The Morgan fingerprint density at radius 1 is 1.26 bits per heavy atom. The predicted molar refractivity (Wildman–Crippen MR) is 89.5 cm³/mol. The van der Waals surface area contributed by atoms with E-state index in [4.69, 9.17) is 4.74 Å². The quantitative estimate of drug-likeness (QED) is 0.715. The molecule has 2 N–H and O–H groups in total. The number of carbonyl (C=O) groups excluding carboxylic acids is 2. The molecule has 1 aliphatic rings. The molecule has 2 rings (SSSR count). The van der Waals surface area contributed by atoms with Crippen LogP contribution in [0.2, 0.25) is 0 Å². The van der Waals surface area contributed by atoms with Crippen LogP contribution >= 0.6 is 0 Å². The lowest BCUT2D eigenvalue weighted by atomic mass is 10.2. The second kappa shape index (κ2) is 9.15. The summed E-state index contributed by atoms with van der Waals surface area (Å²) in [5, 5.41) is 5.85. The van der Waals surface area contributed by atoms with E-state index in [0.29, 0.717) is 17.9 Å². The number of hydrogen-bond acceptors (Lipinski definition) is 4. The summed E-state index contributed by atoms with van der Waals surface area (Å²) in [4.78, 5) is 25.6. The number of benzene rings is 1. The molecule has 6 heteroatoms. The summed E-state index contributed by atoms with van der Waals surface area (Å²) in [6.45, 7) is 2.50. The van der Waals surface area contributed by atoms with Crippen molar-refractivity contribution < 1.29 is 14.3 Å². The zero-order valence-corrected chi connectivity index (χ0v) is 13.6. The van der Waals surface area contributed by atoms with Crippen LogP contribution in [0, 0.1) is 0 Å². The van der Waals surface area contributed by atoms with Crippen molar-refractivity contribution in [3.63, 3.8) is 0 Å². The van der Waals surface area contributed by atoms with Gasteiger partial charge in [-0.15, -0.1) is 0 Å². The van der Waals surface area contributed by atoms with E-state index in [-0.39, 0.29) is 18.4 Å². The number of nitrogens with one attached hydrogen (secondary N) is 2. The maximum atomic E-state index is 12.0. The standard InChI is InChI=1S/C17H25N3O3/c1-18-9-5-8-16(21)19-14-6-4-7-15(12-14)23-13-17(22)20-10-2-3-11-20/h4,6-7,12,18H,2-3,5,8-11,13H2,1H3,(H,19,21). The van der Waals surface area contributed by atoms with Crippen LogP contribution in [0.1, 0.15) is 25.7 Å². The smallest absolute Gasteiger partial charge is 0.260 e. The summed E-state index contributed by atoms with van der Waals surface area (Å²) in [7, 11) is 1.86. The van der Waals surface area contributed by atoms with Crippen LogP contribution < -0.4 is 15.4 Å². The van der Waals surface area contributed by atoms with Gasteiger partial charge in [0.15, 0.2) is 6.61 Å². The van der Waals surface area contributed by atoms with E-state index in [1.165, 1.54) is 0 Å². The predicted octanol–water partition coefficient (Wildman–Crippen LogP) is 1.63. The highest BCUT2D eigenvalue weighted by Crippen LogP contribution is 2.18. The Morgan fingerprint density at radius 2 is 2.04 bits per heavy atom. The Labute approximate surface area is 137 Å². The van der Waals surface area contributed by atoms with Gasteiger partial charge >= 0.3 is 0 Å². The van der Waals surface area contributed by atoms with Crippen LogP contribution in [0.3, 0.4) is 0 Å². The van der Waals surface area contributed by atoms with Crippen LogP contribution in [0.5, 0.6) is 5.75 Å². The van der Waals surface area contributed by atoms with Gasteiger partial charge in [-0.25, -0.2) is 0 Å². The second-order valence-electron chi connectivity index (χ2n) is 5.66. The number of nitrogens with zero attached hydrogens (tertiary/aromatic N) is 1. The Hall–Kier alpha value is -2.08. The summed E-state index contributed by atoms with van der Waals surface area (Å²) in [6, 6.07) is 7.14. The molecule has 0 spiro atoms. The van der Waals surface area contributed by atoms with Crippen molar-refractivity contribution in [3.05, 3.63) is 24.3 Å². The number of ether oxygens (including phenoxy) is 1. The molecule has 1 fully saturated rings. The first-order valence-corrected chi connectivity index (χ1v) is 8.14. The zero-order valence-electron chi connectivity index (χ0n) is 13.6. The molecule has 1 aromatic rings. The van der Waals surface area contributed by atoms with Gasteiger partial charge in [-0.1, -0.05) is 6.07 Å². The van der Waals surface area contributed by atoms with Crippen LogP contribution in [-0.4, -0.2) is 50.0 Å². The third-order valence-corrected chi connectivity index (χ3v) is 3.77. The highest BCUT2D eigenvalue weighted by molar-refractivity contribution is 5.90. The molecule has 1 saturated heterocycles. The average Bonchev–Trinajstić information content (AvgIpc) is 3.08. The third kappa shape index (κ3) is 5.90. The third-order valence-electron chi connectivity index (χ3n) is 3.77. The first kappa shape index (κ1) is 17.3. The van der Waals surface area contributed by atoms with Crippen LogP contribution in [0.4, 0.5) is 5.69 Å². The van der Waals surface area contributed by atoms with E-state index in [1.54, 1.807) is 18.2 Å². The molecule has 23 heavy (non-hydrogen) atoms. The van der Waals surface area contributed by atoms with E-state index in [0.717, 1.165) is 38.9 Å². The van der Waals surface area contributed by atoms with Crippen LogP contribution in [0.25, 0.3) is 0 Å². The van der Waals surface area contributed by atoms with E-state index in [2.05, 4.69) is 10.6 Å². The maximum Gasteiger partial charge on any atom is 0.260 e. The van der Waals surface area contributed by atoms with Crippen molar-refractivity contribution in [1.29, 1.82) is 0 Å². The molecular weight excluding hydrogens is 294 g/mol. The maximum absolute atomic E-state index is 12.0. The first-order valence-electron chi connectivity index (χ1n) is 8.14. The van der Waals surface area contributed by atoms with E-state index in [9.17, 15) is 9.59 Å². The molecule has 0 saturated carbocycles. The molecule has 1 aromatic carbocycles. The van der Waals surface area contributed by atoms with Crippen molar-refractivity contribution >= 4 is 17.5 Å². The number of carbonyl (C=O) groups is 2. The molecule has 0 aliphatic carbocycles. The summed E-state index contributed by atoms with van der Waals surface area (Å²) < 4.78 is 5.55. The van der Waals surface area contributed by atoms with E-state index in [1.807, 2.05) is 18.0 Å². The number of anilines is 1. The number of rotatable bonds is 8. The van der Waals surface area contributed by atoms with Gasteiger partial charge < -0.3 is 20.3 Å². The number of hydrogen-bond donors (Lipinski definition) is 2. The topological polar surface area (TPSA) is 70.7 Å². The van der Waals surface area contributed by atoms with Gasteiger partial charge in [0.1, 0.15) is 5.75 Å². The molecule has 0 radical (unpaired) electrons. The number of amides is 2. The highest BCUT2D eigenvalue weighted by Gasteiger charge is 2.18. The zero-order chi connectivity index (χ0) is 16.5. The lowest BCUT2D eigenvalue weighted by Gasteiger charge is -2.15. The van der Waals surface area contributed by atoms with Crippen LogP contribution in [0.15, 0.2) is 24.3 Å². The van der Waals surface area contributed by atoms with Gasteiger partial charge in [-0.05, 0) is 45.0 Å². The summed E-state index contributed by atoms with van der Waals surface area (Å²) >= 11 is 0. The molecule has 2 amide bonds. The Morgan fingerprint density at radius 3 is 2.78 bits per heavy atom. The number of likely N-dealkylation sites (tertiary alicyclic amines) is 1. The Kier molecular flexibility index (Phi) is 6.87. The lowest BCUT2D eigenvalue weighted by Crippen LogP contribution is -2.32.